The van der Waals surface area contributed by atoms with Crippen molar-refractivity contribution in [1.82, 2.24) is 24.4 Å². The predicted molar refractivity (Wildman–Crippen MR) is 110 cm³/mol. The standard InChI is InChI=1S/C21H25N5O3/c1-13(2)15-5-3-4-6-16(15)18-22-11-17-19(24-18)26(20(27)23-17)12-14-7-9-25(10-8-14)21(28)29/h3-6,11,13-14H,7-10,12H2,1-2H3,(H,23,27)(H,28,29). The number of carbonyl (C=O) groups is 1. The SMILES string of the molecule is CC(C)c1ccccc1-c1ncc2[nH]c(=O)n(CC3CCN(C(=O)O)CC3)c2n1. The lowest BCUT2D eigenvalue weighted by molar-refractivity contribution is 0.121. The molecule has 1 fully saturated rings. The average Bonchev–Trinajstić information content (AvgIpc) is 3.03. The van der Waals surface area contributed by atoms with E-state index in [9.17, 15) is 9.59 Å². The van der Waals surface area contributed by atoms with Crippen molar-refractivity contribution < 1.29 is 9.90 Å². The van der Waals surface area contributed by atoms with Gasteiger partial charge in [-0.25, -0.2) is 19.6 Å². The first kappa shape index (κ1) is 19.2. The first-order chi connectivity index (χ1) is 13.9. The number of rotatable bonds is 4. The number of aromatic nitrogens is 4. The Hall–Kier alpha value is -3.16. The summed E-state index contributed by atoms with van der Waals surface area (Å²) in [7, 11) is 0. The molecule has 0 saturated carbocycles. The third kappa shape index (κ3) is 3.74. The maximum Gasteiger partial charge on any atom is 0.407 e. The Labute approximate surface area is 168 Å². The van der Waals surface area contributed by atoms with Gasteiger partial charge >= 0.3 is 11.8 Å². The molecule has 0 atom stereocenters. The van der Waals surface area contributed by atoms with Crippen molar-refractivity contribution >= 4 is 17.3 Å². The maximum atomic E-state index is 12.5. The molecule has 29 heavy (non-hydrogen) atoms. The van der Waals surface area contributed by atoms with Crippen LogP contribution in [-0.4, -0.2) is 48.7 Å². The van der Waals surface area contributed by atoms with Crippen molar-refractivity contribution in [1.29, 1.82) is 0 Å². The van der Waals surface area contributed by atoms with E-state index in [2.05, 4.69) is 29.9 Å². The molecule has 8 heteroatoms. The molecule has 8 nitrogen and oxygen atoms in total. The normalized spacial score (nSPS) is 15.3. The summed E-state index contributed by atoms with van der Waals surface area (Å²) in [5, 5.41) is 9.12. The van der Waals surface area contributed by atoms with Crippen LogP contribution >= 0.6 is 0 Å². The minimum atomic E-state index is -0.881. The zero-order valence-corrected chi connectivity index (χ0v) is 16.6. The lowest BCUT2D eigenvalue weighted by Crippen LogP contribution is -2.39. The van der Waals surface area contributed by atoms with Gasteiger partial charge < -0.3 is 15.0 Å². The van der Waals surface area contributed by atoms with Crippen LogP contribution in [-0.2, 0) is 6.54 Å². The molecule has 1 aromatic carbocycles. The van der Waals surface area contributed by atoms with Crippen molar-refractivity contribution in [2.45, 2.75) is 39.2 Å². The van der Waals surface area contributed by atoms with Gasteiger partial charge in [0.1, 0.15) is 5.52 Å². The molecule has 1 aliphatic rings. The van der Waals surface area contributed by atoms with Gasteiger partial charge in [0, 0.05) is 25.2 Å². The smallest absolute Gasteiger partial charge is 0.407 e. The summed E-state index contributed by atoms with van der Waals surface area (Å²) < 4.78 is 1.67. The molecule has 0 radical (unpaired) electrons. The molecular formula is C21H25N5O3. The monoisotopic (exact) mass is 395 g/mol. The molecule has 2 aromatic heterocycles. The Bertz CT molecular complexity index is 1090. The highest BCUT2D eigenvalue weighted by molar-refractivity contribution is 5.73. The van der Waals surface area contributed by atoms with Gasteiger partial charge in [0.15, 0.2) is 11.5 Å². The molecule has 0 unspecified atom stereocenters. The number of likely N-dealkylation sites (tertiary alicyclic amines) is 1. The van der Waals surface area contributed by atoms with E-state index in [0.29, 0.717) is 42.5 Å². The third-order valence-electron chi connectivity index (χ3n) is 5.66. The van der Waals surface area contributed by atoms with E-state index >= 15 is 0 Å². The van der Waals surface area contributed by atoms with Crippen LogP contribution in [0.15, 0.2) is 35.3 Å². The maximum absolute atomic E-state index is 12.5. The van der Waals surface area contributed by atoms with Crippen LogP contribution in [0.4, 0.5) is 4.79 Å². The van der Waals surface area contributed by atoms with Crippen LogP contribution in [0.2, 0.25) is 0 Å². The highest BCUT2D eigenvalue weighted by Crippen LogP contribution is 2.27. The largest absolute Gasteiger partial charge is 0.465 e. The molecular weight excluding hydrogens is 370 g/mol. The number of amides is 1. The second-order valence-electron chi connectivity index (χ2n) is 7.93. The van der Waals surface area contributed by atoms with Gasteiger partial charge in [-0.3, -0.25) is 4.57 Å². The third-order valence-corrected chi connectivity index (χ3v) is 5.66. The number of piperidine rings is 1. The zero-order valence-electron chi connectivity index (χ0n) is 16.6. The average molecular weight is 395 g/mol. The van der Waals surface area contributed by atoms with Crippen molar-refractivity contribution in [3.63, 3.8) is 0 Å². The Morgan fingerprint density at radius 1 is 1.28 bits per heavy atom. The van der Waals surface area contributed by atoms with E-state index in [0.717, 1.165) is 24.0 Å². The highest BCUT2D eigenvalue weighted by Gasteiger charge is 2.24. The van der Waals surface area contributed by atoms with E-state index in [1.165, 1.54) is 4.90 Å². The van der Waals surface area contributed by atoms with E-state index in [4.69, 9.17) is 10.1 Å². The minimum Gasteiger partial charge on any atom is -0.465 e. The number of hydrogen-bond acceptors (Lipinski definition) is 4. The Morgan fingerprint density at radius 2 is 2.00 bits per heavy atom. The van der Waals surface area contributed by atoms with Gasteiger partial charge in [-0.05, 0) is 30.2 Å². The summed E-state index contributed by atoms with van der Waals surface area (Å²) in [6.07, 6.45) is 2.26. The van der Waals surface area contributed by atoms with Crippen LogP contribution in [0.5, 0.6) is 0 Å². The molecule has 1 aliphatic heterocycles. The van der Waals surface area contributed by atoms with Gasteiger partial charge in [0.05, 0.1) is 6.20 Å². The van der Waals surface area contributed by atoms with Gasteiger partial charge in [-0.1, -0.05) is 38.1 Å². The highest BCUT2D eigenvalue weighted by atomic mass is 16.4. The Kier molecular flexibility index (Phi) is 5.08. The summed E-state index contributed by atoms with van der Waals surface area (Å²) in [5.74, 6) is 1.18. The molecule has 2 N–H and O–H groups in total. The summed E-state index contributed by atoms with van der Waals surface area (Å²) >= 11 is 0. The van der Waals surface area contributed by atoms with Crippen molar-refractivity contribution in [2.24, 2.45) is 5.92 Å². The molecule has 152 valence electrons. The number of fused-ring (bicyclic) bond motifs is 1. The molecule has 1 saturated heterocycles. The second kappa shape index (κ2) is 7.69. The van der Waals surface area contributed by atoms with E-state index in [-0.39, 0.29) is 11.6 Å². The lowest BCUT2D eigenvalue weighted by Gasteiger charge is -2.29. The Morgan fingerprint density at radius 3 is 2.69 bits per heavy atom. The van der Waals surface area contributed by atoms with Gasteiger partial charge in [-0.2, -0.15) is 0 Å². The van der Waals surface area contributed by atoms with E-state index in [1.54, 1.807) is 10.8 Å². The topological polar surface area (TPSA) is 104 Å². The van der Waals surface area contributed by atoms with E-state index in [1.807, 2.05) is 18.2 Å². The first-order valence-electron chi connectivity index (χ1n) is 9.96. The van der Waals surface area contributed by atoms with Crippen LogP contribution in [0.25, 0.3) is 22.6 Å². The molecule has 1 amide bonds. The number of H-pyrrole nitrogens is 1. The summed E-state index contributed by atoms with van der Waals surface area (Å²) in [6, 6.07) is 8.06. The fourth-order valence-corrected chi connectivity index (χ4v) is 4.01. The number of nitrogens with zero attached hydrogens (tertiary/aromatic N) is 4. The number of aromatic amines is 1. The zero-order chi connectivity index (χ0) is 20.5. The fourth-order valence-electron chi connectivity index (χ4n) is 4.01. The van der Waals surface area contributed by atoms with Crippen molar-refractivity contribution in [2.75, 3.05) is 13.1 Å². The number of imidazole rings is 1. The molecule has 0 spiro atoms. The number of hydrogen-bond donors (Lipinski definition) is 2. The number of benzene rings is 1. The van der Waals surface area contributed by atoms with Crippen LogP contribution < -0.4 is 5.69 Å². The molecule has 0 aliphatic carbocycles. The lowest BCUT2D eigenvalue weighted by atomic mass is 9.97. The summed E-state index contributed by atoms with van der Waals surface area (Å²) in [4.78, 5) is 37.1. The predicted octanol–water partition coefficient (Wildman–Crippen LogP) is 3.30. The molecule has 3 heterocycles. The number of carboxylic acid groups (broad SMARTS) is 1. The van der Waals surface area contributed by atoms with Crippen LogP contribution in [0.3, 0.4) is 0 Å². The quantitative estimate of drug-likeness (QED) is 0.705. The Balaban J connectivity index is 1.66. The summed E-state index contributed by atoms with van der Waals surface area (Å²) in [6.45, 7) is 5.78. The fraction of sp³-hybridized carbons (Fsp3) is 0.429. The summed E-state index contributed by atoms with van der Waals surface area (Å²) in [5.41, 5.74) is 3.14. The van der Waals surface area contributed by atoms with E-state index < -0.39 is 6.09 Å². The van der Waals surface area contributed by atoms with Crippen molar-refractivity contribution in [3.05, 3.63) is 46.5 Å². The first-order valence-corrected chi connectivity index (χ1v) is 9.96. The van der Waals surface area contributed by atoms with Crippen molar-refractivity contribution in [3.8, 4) is 11.4 Å². The van der Waals surface area contributed by atoms with Gasteiger partial charge in [0.2, 0.25) is 0 Å². The molecule has 0 bridgehead atoms. The molecule has 4 rings (SSSR count). The van der Waals surface area contributed by atoms with Crippen LogP contribution in [0.1, 0.15) is 38.2 Å². The van der Waals surface area contributed by atoms with Gasteiger partial charge in [-0.15, -0.1) is 0 Å². The molecule has 3 aromatic rings. The number of nitrogens with one attached hydrogen (secondary N) is 1. The second-order valence-corrected chi connectivity index (χ2v) is 7.93. The van der Waals surface area contributed by atoms with Gasteiger partial charge in [0.25, 0.3) is 0 Å². The minimum absolute atomic E-state index is 0.204. The van der Waals surface area contributed by atoms with Crippen LogP contribution in [0, 0.1) is 5.92 Å².